The highest BCUT2D eigenvalue weighted by Crippen LogP contribution is 2.24. The summed E-state index contributed by atoms with van der Waals surface area (Å²) in [5, 5.41) is 3.55. The zero-order chi connectivity index (χ0) is 12.3. The number of nitrogens with zero attached hydrogens (tertiary/aromatic N) is 2. The number of anilines is 1. The Kier molecular flexibility index (Phi) is 4.00. The Morgan fingerprint density at radius 2 is 2.29 bits per heavy atom. The Morgan fingerprint density at radius 3 is 2.88 bits per heavy atom. The Labute approximate surface area is 104 Å². The Bertz CT molecular complexity index is 347. The third kappa shape index (κ3) is 2.97. The maximum atomic E-state index is 4.39. The second-order valence-electron chi connectivity index (χ2n) is 4.98. The van der Waals surface area contributed by atoms with Crippen molar-refractivity contribution in [3.05, 3.63) is 24.0 Å². The van der Waals surface area contributed by atoms with Gasteiger partial charge < -0.3 is 10.2 Å². The van der Waals surface area contributed by atoms with Crippen molar-refractivity contribution >= 4 is 5.69 Å². The van der Waals surface area contributed by atoms with Gasteiger partial charge in [-0.1, -0.05) is 6.92 Å². The second kappa shape index (κ2) is 5.50. The molecular formula is C14H23N3. The molecule has 1 aliphatic heterocycles. The van der Waals surface area contributed by atoms with Crippen molar-refractivity contribution in [2.45, 2.75) is 45.7 Å². The van der Waals surface area contributed by atoms with Crippen molar-refractivity contribution in [3.63, 3.8) is 0 Å². The molecule has 1 aromatic heterocycles. The summed E-state index contributed by atoms with van der Waals surface area (Å²) in [6.07, 6.45) is 4.45. The van der Waals surface area contributed by atoms with Crippen molar-refractivity contribution in [2.75, 3.05) is 18.0 Å². The zero-order valence-corrected chi connectivity index (χ0v) is 11.1. The van der Waals surface area contributed by atoms with Gasteiger partial charge in [0.1, 0.15) is 0 Å². The maximum absolute atomic E-state index is 4.39. The average Bonchev–Trinajstić information content (AvgIpc) is 2.31. The van der Waals surface area contributed by atoms with Gasteiger partial charge in [0, 0.05) is 24.3 Å². The van der Waals surface area contributed by atoms with Crippen molar-refractivity contribution in [3.8, 4) is 0 Å². The minimum absolute atomic E-state index is 0.595. The largest absolute Gasteiger partial charge is 0.367 e. The van der Waals surface area contributed by atoms with Crippen LogP contribution in [0.5, 0.6) is 0 Å². The number of nitrogens with one attached hydrogen (secondary N) is 1. The van der Waals surface area contributed by atoms with Crippen LogP contribution in [0.25, 0.3) is 0 Å². The molecule has 0 amide bonds. The molecule has 1 saturated heterocycles. The lowest BCUT2D eigenvalue weighted by atomic mass is 9.98. The van der Waals surface area contributed by atoms with Crippen molar-refractivity contribution in [2.24, 2.45) is 0 Å². The summed E-state index contributed by atoms with van der Waals surface area (Å²) < 4.78 is 0. The van der Waals surface area contributed by atoms with Gasteiger partial charge in [-0.2, -0.15) is 0 Å². The number of pyridine rings is 1. The topological polar surface area (TPSA) is 28.2 Å². The summed E-state index contributed by atoms with van der Waals surface area (Å²) in [5.74, 6) is 0. The van der Waals surface area contributed by atoms with E-state index in [1.54, 1.807) is 0 Å². The first kappa shape index (κ1) is 12.4. The summed E-state index contributed by atoms with van der Waals surface area (Å²) in [5.41, 5.74) is 2.35. The van der Waals surface area contributed by atoms with Crippen molar-refractivity contribution < 1.29 is 0 Å². The third-order valence-electron chi connectivity index (χ3n) is 3.60. The Balaban J connectivity index is 2.01. The average molecular weight is 233 g/mol. The van der Waals surface area contributed by atoms with E-state index in [9.17, 15) is 0 Å². The molecule has 2 rings (SSSR count). The van der Waals surface area contributed by atoms with Crippen LogP contribution >= 0.6 is 0 Å². The first-order chi connectivity index (χ1) is 8.20. The number of hydrogen-bond acceptors (Lipinski definition) is 3. The fourth-order valence-electron chi connectivity index (χ4n) is 2.66. The van der Waals surface area contributed by atoms with Crippen molar-refractivity contribution in [1.29, 1.82) is 0 Å². The number of rotatable bonds is 3. The molecule has 2 atom stereocenters. The van der Waals surface area contributed by atoms with Crippen LogP contribution in [0.1, 0.15) is 32.4 Å². The highest BCUT2D eigenvalue weighted by molar-refractivity contribution is 5.46. The molecule has 94 valence electrons. The van der Waals surface area contributed by atoms with Crippen molar-refractivity contribution in [1.82, 2.24) is 10.3 Å². The van der Waals surface area contributed by atoms with E-state index in [1.807, 2.05) is 13.1 Å². The number of aryl methyl sites for hydroxylation is 1. The molecule has 1 N–H and O–H groups in total. The van der Waals surface area contributed by atoms with Gasteiger partial charge >= 0.3 is 0 Å². The first-order valence-electron chi connectivity index (χ1n) is 6.63. The smallest absolute Gasteiger partial charge is 0.0555 e. The molecule has 3 nitrogen and oxygen atoms in total. The highest BCUT2D eigenvalue weighted by Gasteiger charge is 2.24. The molecule has 1 fully saturated rings. The quantitative estimate of drug-likeness (QED) is 0.868. The van der Waals surface area contributed by atoms with E-state index in [4.69, 9.17) is 0 Å². The minimum atomic E-state index is 0.595. The second-order valence-corrected chi connectivity index (χ2v) is 4.98. The molecule has 3 heteroatoms. The molecule has 0 aromatic carbocycles. The number of piperidine rings is 1. The molecule has 0 saturated carbocycles. The van der Waals surface area contributed by atoms with Gasteiger partial charge in [0.25, 0.3) is 0 Å². The van der Waals surface area contributed by atoms with Crippen LogP contribution in [-0.4, -0.2) is 30.2 Å². The minimum Gasteiger partial charge on any atom is -0.367 e. The van der Waals surface area contributed by atoms with Gasteiger partial charge in [-0.15, -0.1) is 0 Å². The molecule has 1 aromatic rings. The molecule has 17 heavy (non-hydrogen) atoms. The Morgan fingerprint density at radius 1 is 1.47 bits per heavy atom. The predicted molar refractivity (Wildman–Crippen MR) is 72.5 cm³/mol. The molecule has 2 heterocycles. The van der Waals surface area contributed by atoms with Gasteiger partial charge in [-0.05, 0) is 45.4 Å². The van der Waals surface area contributed by atoms with Crippen LogP contribution in [0.2, 0.25) is 0 Å². The fraction of sp³-hybridized carbons (Fsp3) is 0.643. The highest BCUT2D eigenvalue weighted by atomic mass is 15.2. The van der Waals surface area contributed by atoms with Crippen LogP contribution in [-0.2, 0) is 0 Å². The summed E-state index contributed by atoms with van der Waals surface area (Å²) in [6.45, 7) is 8.72. The molecule has 0 spiro atoms. The van der Waals surface area contributed by atoms with E-state index in [-0.39, 0.29) is 0 Å². The van der Waals surface area contributed by atoms with E-state index in [0.717, 1.165) is 18.8 Å². The van der Waals surface area contributed by atoms with E-state index < -0.39 is 0 Å². The SMILES string of the molecule is CCNC1CCN(c2ccc(C)nc2)C(C)C1. The van der Waals surface area contributed by atoms with E-state index >= 15 is 0 Å². The van der Waals surface area contributed by atoms with E-state index in [2.05, 4.69) is 41.2 Å². The van der Waals surface area contributed by atoms with E-state index in [0.29, 0.717) is 12.1 Å². The number of hydrogen-bond donors (Lipinski definition) is 1. The molecular weight excluding hydrogens is 210 g/mol. The molecule has 2 unspecified atom stereocenters. The van der Waals surface area contributed by atoms with E-state index in [1.165, 1.54) is 18.5 Å². The third-order valence-corrected chi connectivity index (χ3v) is 3.60. The number of aromatic nitrogens is 1. The molecule has 1 aliphatic rings. The van der Waals surface area contributed by atoms with Crippen LogP contribution in [0.15, 0.2) is 18.3 Å². The lowest BCUT2D eigenvalue weighted by molar-refractivity contribution is 0.374. The van der Waals surface area contributed by atoms with Gasteiger partial charge in [0.15, 0.2) is 0 Å². The summed E-state index contributed by atoms with van der Waals surface area (Å²) in [7, 11) is 0. The standard InChI is InChI=1S/C14H23N3/c1-4-15-13-7-8-17(12(3)9-13)14-6-5-11(2)16-10-14/h5-6,10,12-13,15H,4,7-9H2,1-3H3. The first-order valence-corrected chi connectivity index (χ1v) is 6.63. The maximum Gasteiger partial charge on any atom is 0.0555 e. The van der Waals surface area contributed by atoms with Crippen LogP contribution in [0.4, 0.5) is 5.69 Å². The molecule has 0 bridgehead atoms. The Hall–Kier alpha value is -1.09. The van der Waals surface area contributed by atoms with Gasteiger partial charge in [-0.25, -0.2) is 0 Å². The zero-order valence-electron chi connectivity index (χ0n) is 11.1. The van der Waals surface area contributed by atoms with Crippen LogP contribution in [0, 0.1) is 6.92 Å². The van der Waals surface area contributed by atoms with Crippen LogP contribution < -0.4 is 10.2 Å². The van der Waals surface area contributed by atoms with Gasteiger partial charge in [0.05, 0.1) is 11.9 Å². The lowest BCUT2D eigenvalue weighted by Crippen LogP contribution is -2.47. The summed E-state index contributed by atoms with van der Waals surface area (Å²) >= 11 is 0. The summed E-state index contributed by atoms with van der Waals surface area (Å²) in [6, 6.07) is 5.56. The monoisotopic (exact) mass is 233 g/mol. The lowest BCUT2D eigenvalue weighted by Gasteiger charge is -2.39. The normalized spacial score (nSPS) is 25.0. The van der Waals surface area contributed by atoms with Gasteiger partial charge in [-0.3, -0.25) is 4.98 Å². The fourth-order valence-corrected chi connectivity index (χ4v) is 2.66. The van der Waals surface area contributed by atoms with Crippen LogP contribution in [0.3, 0.4) is 0 Å². The van der Waals surface area contributed by atoms with Gasteiger partial charge in [0.2, 0.25) is 0 Å². The molecule has 0 radical (unpaired) electrons. The molecule has 0 aliphatic carbocycles. The predicted octanol–water partition coefficient (Wildman–Crippen LogP) is 2.36. The summed E-state index contributed by atoms with van der Waals surface area (Å²) in [4.78, 5) is 6.86.